The molecule has 0 saturated carbocycles. The van der Waals surface area contributed by atoms with Gasteiger partial charge in [0.05, 0.1) is 11.4 Å². The Morgan fingerprint density at radius 1 is 1.22 bits per heavy atom. The molecule has 0 atom stereocenters. The highest BCUT2D eigenvalue weighted by Gasteiger charge is 2.27. The maximum Gasteiger partial charge on any atom is 0.258 e. The third-order valence-electron chi connectivity index (χ3n) is 3.31. The van der Waals surface area contributed by atoms with Gasteiger partial charge in [-0.25, -0.2) is 0 Å². The zero-order chi connectivity index (χ0) is 12.5. The maximum absolute atomic E-state index is 12.5. The second-order valence-electron chi connectivity index (χ2n) is 4.50. The van der Waals surface area contributed by atoms with Crippen molar-refractivity contribution in [1.29, 1.82) is 0 Å². The van der Waals surface area contributed by atoms with E-state index in [1.165, 1.54) is 0 Å². The molecule has 0 aliphatic carbocycles. The van der Waals surface area contributed by atoms with Crippen LogP contribution in [0.2, 0.25) is 0 Å². The Balaban J connectivity index is 2.00. The van der Waals surface area contributed by atoms with Crippen molar-refractivity contribution in [3.05, 3.63) is 53.9 Å². The summed E-state index contributed by atoms with van der Waals surface area (Å²) in [6.07, 6.45) is 2.65. The summed E-state index contributed by atoms with van der Waals surface area (Å²) in [7, 11) is 2.02. The Kier molecular flexibility index (Phi) is 2.63. The number of amides is 1. The van der Waals surface area contributed by atoms with E-state index in [1.54, 1.807) is 0 Å². The van der Waals surface area contributed by atoms with Gasteiger partial charge in [0.1, 0.15) is 7.85 Å². The summed E-state index contributed by atoms with van der Waals surface area (Å²) in [5.41, 5.74) is 3.86. The van der Waals surface area contributed by atoms with Crippen LogP contribution in [0.15, 0.2) is 42.6 Å². The van der Waals surface area contributed by atoms with E-state index in [0.717, 1.165) is 35.4 Å². The number of pyridine rings is 1. The van der Waals surface area contributed by atoms with E-state index < -0.39 is 0 Å². The molecule has 0 N–H and O–H groups in total. The van der Waals surface area contributed by atoms with E-state index in [9.17, 15) is 4.79 Å². The number of aromatic nitrogens is 1. The number of benzene rings is 1. The molecular weight excluding hydrogens is 223 g/mol. The van der Waals surface area contributed by atoms with Gasteiger partial charge in [0.2, 0.25) is 0 Å². The SMILES string of the molecule is Bc1ccnc2c1N(C(=O)c1ccccc1)CC2. The predicted octanol–water partition coefficient (Wildman–Crippen LogP) is 0.543. The first-order valence-corrected chi connectivity index (χ1v) is 6.09. The van der Waals surface area contributed by atoms with E-state index in [0.29, 0.717) is 0 Å². The molecule has 0 radical (unpaired) electrons. The van der Waals surface area contributed by atoms with Crippen molar-refractivity contribution >= 4 is 24.9 Å². The number of anilines is 1. The zero-order valence-electron chi connectivity index (χ0n) is 10.3. The highest BCUT2D eigenvalue weighted by Crippen LogP contribution is 2.25. The quantitative estimate of drug-likeness (QED) is 0.677. The van der Waals surface area contributed by atoms with Gasteiger partial charge in [0, 0.05) is 24.7 Å². The Morgan fingerprint density at radius 3 is 2.78 bits per heavy atom. The molecule has 2 heterocycles. The number of fused-ring (bicyclic) bond motifs is 1. The average molecular weight is 236 g/mol. The Morgan fingerprint density at radius 2 is 2.00 bits per heavy atom. The lowest BCUT2D eigenvalue weighted by Crippen LogP contribution is -2.32. The largest absolute Gasteiger partial charge is 0.307 e. The van der Waals surface area contributed by atoms with Crippen LogP contribution in [-0.2, 0) is 6.42 Å². The lowest BCUT2D eigenvalue weighted by molar-refractivity contribution is 0.0989. The number of hydrogen-bond donors (Lipinski definition) is 0. The standard InChI is InChI=1S/C14H13BN2O/c15-11-6-8-16-12-7-9-17(13(11)12)14(18)10-4-2-1-3-5-10/h1-6,8H,7,9,15H2. The molecule has 1 aliphatic rings. The minimum atomic E-state index is 0.0606. The summed E-state index contributed by atoms with van der Waals surface area (Å²) in [6, 6.07) is 11.4. The Bertz CT molecular complexity index is 598. The molecule has 3 rings (SSSR count). The first kappa shape index (κ1) is 11.0. The second-order valence-corrected chi connectivity index (χ2v) is 4.50. The van der Waals surface area contributed by atoms with Crippen LogP contribution in [0, 0.1) is 0 Å². The third kappa shape index (κ3) is 1.70. The van der Waals surface area contributed by atoms with Crippen LogP contribution < -0.4 is 10.4 Å². The summed E-state index contributed by atoms with van der Waals surface area (Å²) >= 11 is 0. The van der Waals surface area contributed by atoms with Crippen LogP contribution in [0.4, 0.5) is 5.69 Å². The fourth-order valence-electron chi connectivity index (χ4n) is 2.43. The maximum atomic E-state index is 12.5. The predicted molar refractivity (Wildman–Crippen MR) is 74.2 cm³/mol. The van der Waals surface area contributed by atoms with Gasteiger partial charge >= 0.3 is 0 Å². The normalized spacial score (nSPS) is 13.4. The number of carbonyl (C=O) groups excluding carboxylic acids is 1. The second kappa shape index (κ2) is 4.29. The lowest BCUT2D eigenvalue weighted by atomic mass is 9.94. The van der Waals surface area contributed by atoms with Gasteiger partial charge in [0.25, 0.3) is 5.91 Å². The van der Waals surface area contributed by atoms with Crippen molar-refractivity contribution in [2.24, 2.45) is 0 Å². The highest BCUT2D eigenvalue weighted by atomic mass is 16.2. The molecule has 1 aromatic heterocycles. The first-order chi connectivity index (χ1) is 8.77. The number of nitrogens with zero attached hydrogens (tertiary/aromatic N) is 2. The van der Waals surface area contributed by atoms with Gasteiger partial charge in [-0.1, -0.05) is 23.7 Å². The molecule has 2 aromatic rings. The van der Waals surface area contributed by atoms with Gasteiger partial charge < -0.3 is 4.90 Å². The lowest BCUT2D eigenvalue weighted by Gasteiger charge is -2.19. The van der Waals surface area contributed by atoms with Gasteiger partial charge in [-0.05, 0) is 18.2 Å². The van der Waals surface area contributed by atoms with E-state index >= 15 is 0 Å². The van der Waals surface area contributed by atoms with Crippen molar-refractivity contribution in [1.82, 2.24) is 4.98 Å². The Labute approximate surface area is 107 Å². The number of rotatable bonds is 1. The molecule has 88 valence electrons. The summed E-state index contributed by atoms with van der Waals surface area (Å²) in [5.74, 6) is 0.0606. The van der Waals surface area contributed by atoms with Gasteiger partial charge in [-0.3, -0.25) is 9.78 Å². The Hall–Kier alpha value is -2.10. The van der Waals surface area contributed by atoms with Gasteiger partial charge in [0.15, 0.2) is 0 Å². The number of carbonyl (C=O) groups is 1. The molecule has 0 spiro atoms. The van der Waals surface area contributed by atoms with Crippen molar-refractivity contribution < 1.29 is 4.79 Å². The summed E-state index contributed by atoms with van der Waals surface area (Å²) in [5, 5.41) is 0. The van der Waals surface area contributed by atoms with Crippen molar-refractivity contribution in [2.45, 2.75) is 6.42 Å². The molecule has 0 saturated heterocycles. The molecule has 1 amide bonds. The first-order valence-electron chi connectivity index (χ1n) is 6.09. The van der Waals surface area contributed by atoms with E-state index in [2.05, 4.69) is 4.98 Å². The van der Waals surface area contributed by atoms with Crippen LogP contribution in [0.3, 0.4) is 0 Å². The molecular formula is C14H13BN2O. The van der Waals surface area contributed by atoms with E-state index in [4.69, 9.17) is 0 Å². The van der Waals surface area contributed by atoms with Crippen molar-refractivity contribution in [2.75, 3.05) is 11.4 Å². The van der Waals surface area contributed by atoms with Crippen LogP contribution in [0.25, 0.3) is 0 Å². The highest BCUT2D eigenvalue weighted by molar-refractivity contribution is 6.37. The molecule has 3 nitrogen and oxygen atoms in total. The molecule has 18 heavy (non-hydrogen) atoms. The topological polar surface area (TPSA) is 33.2 Å². The molecule has 0 fully saturated rings. The fraction of sp³-hybridized carbons (Fsp3) is 0.143. The average Bonchev–Trinajstić information content (AvgIpc) is 2.84. The fourth-order valence-corrected chi connectivity index (χ4v) is 2.43. The van der Waals surface area contributed by atoms with Crippen LogP contribution >= 0.6 is 0 Å². The van der Waals surface area contributed by atoms with E-state index in [-0.39, 0.29) is 5.91 Å². The molecule has 0 unspecified atom stereocenters. The van der Waals surface area contributed by atoms with E-state index in [1.807, 2.05) is 55.3 Å². The van der Waals surface area contributed by atoms with Crippen LogP contribution in [0.5, 0.6) is 0 Å². The number of hydrogen-bond acceptors (Lipinski definition) is 2. The minimum absolute atomic E-state index is 0.0606. The monoisotopic (exact) mass is 236 g/mol. The third-order valence-corrected chi connectivity index (χ3v) is 3.31. The molecule has 0 bridgehead atoms. The minimum Gasteiger partial charge on any atom is -0.307 e. The van der Waals surface area contributed by atoms with Gasteiger partial charge in [-0.2, -0.15) is 0 Å². The van der Waals surface area contributed by atoms with Crippen LogP contribution in [0.1, 0.15) is 16.1 Å². The van der Waals surface area contributed by atoms with Gasteiger partial charge in [-0.15, -0.1) is 0 Å². The molecule has 1 aliphatic heterocycles. The summed E-state index contributed by atoms with van der Waals surface area (Å²) in [6.45, 7) is 0.723. The molecule has 1 aromatic carbocycles. The van der Waals surface area contributed by atoms with Crippen molar-refractivity contribution in [3.8, 4) is 0 Å². The smallest absolute Gasteiger partial charge is 0.258 e. The van der Waals surface area contributed by atoms with Crippen molar-refractivity contribution in [3.63, 3.8) is 0 Å². The molecule has 4 heteroatoms. The summed E-state index contributed by atoms with van der Waals surface area (Å²) < 4.78 is 0. The zero-order valence-corrected chi connectivity index (χ0v) is 10.3. The van der Waals surface area contributed by atoms with Crippen LogP contribution in [-0.4, -0.2) is 25.3 Å². The summed E-state index contributed by atoms with van der Waals surface area (Å²) in [4.78, 5) is 18.7.